The molecule has 80 valence electrons. The molecule has 4 nitrogen and oxygen atoms in total. The molecule has 1 amide bonds. The van der Waals surface area contributed by atoms with Crippen LogP contribution in [0.15, 0.2) is 12.1 Å². The largest absolute Gasteiger partial charge is 0.491 e. The van der Waals surface area contributed by atoms with Gasteiger partial charge in [0.15, 0.2) is 0 Å². The first-order chi connectivity index (χ1) is 6.97. The summed E-state index contributed by atoms with van der Waals surface area (Å²) in [6, 6.07) is 1.86. The maximum atomic E-state index is 13.1. The number of nitrogens with one attached hydrogen (secondary N) is 1. The van der Waals surface area contributed by atoms with Crippen molar-refractivity contribution in [2.75, 3.05) is 7.05 Å². The Hall–Kier alpha value is -1.11. The molecule has 0 unspecified atom stereocenters. The fourth-order valence-corrected chi connectivity index (χ4v) is 1.31. The Bertz CT molecular complexity index is 400. The summed E-state index contributed by atoms with van der Waals surface area (Å²) < 4.78 is 13.1. The first-order valence-electron chi connectivity index (χ1n) is 4.04. The van der Waals surface area contributed by atoms with Gasteiger partial charge in [0, 0.05) is 12.5 Å². The van der Waals surface area contributed by atoms with Crippen LogP contribution in [-0.2, 0) is 0 Å². The third-order valence-corrected chi connectivity index (χ3v) is 2.15. The quantitative estimate of drug-likeness (QED) is 0.602. The second-order valence-corrected chi connectivity index (χ2v) is 3.21. The van der Waals surface area contributed by atoms with Crippen LogP contribution in [0.25, 0.3) is 0 Å². The van der Waals surface area contributed by atoms with E-state index < -0.39 is 24.3 Å². The standard InChI is InChI=1S/C8H8BClFNO3/c1-12-8(13)4-2-5(9(14)15)7(11)3-6(4)10/h2-3,14-15H,1H3,(H,12,13). The number of halogens is 2. The van der Waals surface area contributed by atoms with Gasteiger partial charge in [0.1, 0.15) is 5.82 Å². The lowest BCUT2D eigenvalue weighted by Crippen LogP contribution is -2.34. The smallest absolute Gasteiger partial charge is 0.423 e. The van der Waals surface area contributed by atoms with Gasteiger partial charge in [-0.3, -0.25) is 4.79 Å². The van der Waals surface area contributed by atoms with E-state index in [1.54, 1.807) is 0 Å². The summed E-state index contributed by atoms with van der Waals surface area (Å²) in [6.07, 6.45) is 0. The molecule has 1 aromatic rings. The van der Waals surface area contributed by atoms with Crippen molar-refractivity contribution in [1.82, 2.24) is 5.32 Å². The zero-order chi connectivity index (χ0) is 11.6. The molecule has 0 fully saturated rings. The van der Waals surface area contributed by atoms with Crippen LogP contribution in [0.2, 0.25) is 5.02 Å². The van der Waals surface area contributed by atoms with Crippen molar-refractivity contribution in [3.63, 3.8) is 0 Å². The summed E-state index contributed by atoms with van der Waals surface area (Å²) in [7, 11) is -0.595. The fraction of sp³-hybridized carbons (Fsp3) is 0.125. The molecule has 1 aromatic carbocycles. The summed E-state index contributed by atoms with van der Waals surface area (Å²) in [6.45, 7) is 0. The van der Waals surface area contributed by atoms with Crippen LogP contribution in [0.1, 0.15) is 10.4 Å². The van der Waals surface area contributed by atoms with E-state index in [9.17, 15) is 9.18 Å². The van der Waals surface area contributed by atoms with Crippen molar-refractivity contribution in [2.45, 2.75) is 0 Å². The number of hydrogen-bond donors (Lipinski definition) is 3. The lowest BCUT2D eigenvalue weighted by Gasteiger charge is -2.07. The van der Waals surface area contributed by atoms with Crippen molar-refractivity contribution >= 4 is 30.1 Å². The van der Waals surface area contributed by atoms with Crippen LogP contribution >= 0.6 is 11.6 Å². The van der Waals surface area contributed by atoms with Gasteiger partial charge in [-0.1, -0.05) is 11.6 Å². The number of hydrogen-bond acceptors (Lipinski definition) is 3. The minimum atomic E-state index is -1.98. The van der Waals surface area contributed by atoms with E-state index in [2.05, 4.69) is 5.32 Å². The Morgan fingerprint density at radius 1 is 1.53 bits per heavy atom. The van der Waals surface area contributed by atoms with Gasteiger partial charge in [0.25, 0.3) is 5.91 Å². The van der Waals surface area contributed by atoms with Crippen molar-refractivity contribution in [3.05, 3.63) is 28.5 Å². The van der Waals surface area contributed by atoms with E-state index in [1.807, 2.05) is 0 Å². The van der Waals surface area contributed by atoms with E-state index >= 15 is 0 Å². The van der Waals surface area contributed by atoms with Gasteiger partial charge < -0.3 is 15.4 Å². The lowest BCUT2D eigenvalue weighted by atomic mass is 9.79. The van der Waals surface area contributed by atoms with Crippen LogP contribution < -0.4 is 10.8 Å². The van der Waals surface area contributed by atoms with Gasteiger partial charge in [0.05, 0.1) is 10.6 Å². The molecule has 0 aliphatic rings. The monoisotopic (exact) mass is 231 g/mol. The molecule has 0 aliphatic carbocycles. The molecule has 3 N–H and O–H groups in total. The Morgan fingerprint density at radius 2 is 2.13 bits per heavy atom. The molecule has 7 heteroatoms. The Morgan fingerprint density at radius 3 is 2.60 bits per heavy atom. The Kier molecular flexibility index (Phi) is 3.68. The third kappa shape index (κ3) is 2.47. The molecule has 0 atom stereocenters. The summed E-state index contributed by atoms with van der Waals surface area (Å²) >= 11 is 5.62. The SMILES string of the molecule is CNC(=O)c1cc(B(O)O)c(F)cc1Cl. The van der Waals surface area contributed by atoms with E-state index in [0.29, 0.717) is 0 Å². The van der Waals surface area contributed by atoms with E-state index in [-0.39, 0.29) is 10.6 Å². The molecule has 0 heterocycles. The zero-order valence-electron chi connectivity index (χ0n) is 7.79. The molecule has 0 aromatic heterocycles. The number of carbonyl (C=O) groups is 1. The molecule has 0 radical (unpaired) electrons. The van der Waals surface area contributed by atoms with Crippen LogP contribution in [0.5, 0.6) is 0 Å². The predicted molar refractivity (Wildman–Crippen MR) is 54.6 cm³/mol. The van der Waals surface area contributed by atoms with Crippen LogP contribution in [0.4, 0.5) is 4.39 Å². The predicted octanol–water partition coefficient (Wildman–Crippen LogP) is -0.482. The summed E-state index contributed by atoms with van der Waals surface area (Å²) in [4.78, 5) is 11.2. The molecule has 0 aliphatic heterocycles. The van der Waals surface area contributed by atoms with Crippen LogP contribution in [0.3, 0.4) is 0 Å². The molecular formula is C8H8BClFNO3. The topological polar surface area (TPSA) is 69.6 Å². The van der Waals surface area contributed by atoms with E-state index in [0.717, 1.165) is 12.1 Å². The lowest BCUT2D eigenvalue weighted by molar-refractivity contribution is 0.0963. The molecule has 0 bridgehead atoms. The molecular weight excluding hydrogens is 223 g/mol. The number of benzene rings is 1. The highest BCUT2D eigenvalue weighted by molar-refractivity contribution is 6.59. The number of amides is 1. The van der Waals surface area contributed by atoms with Crippen molar-refractivity contribution in [3.8, 4) is 0 Å². The number of rotatable bonds is 2. The van der Waals surface area contributed by atoms with Gasteiger partial charge in [0.2, 0.25) is 0 Å². The van der Waals surface area contributed by atoms with Crippen molar-refractivity contribution in [1.29, 1.82) is 0 Å². The first kappa shape index (κ1) is 12.0. The zero-order valence-corrected chi connectivity index (χ0v) is 8.55. The first-order valence-corrected chi connectivity index (χ1v) is 4.42. The number of carbonyl (C=O) groups excluding carboxylic acids is 1. The highest BCUT2D eigenvalue weighted by Gasteiger charge is 2.21. The molecule has 0 saturated carbocycles. The average molecular weight is 231 g/mol. The van der Waals surface area contributed by atoms with Gasteiger partial charge in [-0.2, -0.15) is 0 Å². The second-order valence-electron chi connectivity index (χ2n) is 2.81. The fourth-order valence-electron chi connectivity index (χ4n) is 1.07. The highest BCUT2D eigenvalue weighted by Crippen LogP contribution is 2.16. The van der Waals surface area contributed by atoms with Crippen molar-refractivity contribution in [2.24, 2.45) is 0 Å². The summed E-state index contributed by atoms with van der Waals surface area (Å²) in [5, 5.41) is 19.8. The summed E-state index contributed by atoms with van der Waals surface area (Å²) in [5.74, 6) is -1.40. The summed E-state index contributed by atoms with van der Waals surface area (Å²) in [5.41, 5.74) is -0.401. The van der Waals surface area contributed by atoms with E-state index in [4.69, 9.17) is 21.6 Å². The average Bonchev–Trinajstić information content (AvgIpc) is 2.16. The van der Waals surface area contributed by atoms with Gasteiger partial charge in [-0.15, -0.1) is 0 Å². The maximum Gasteiger partial charge on any atom is 0.491 e. The third-order valence-electron chi connectivity index (χ3n) is 1.84. The van der Waals surface area contributed by atoms with Gasteiger partial charge in [-0.05, 0) is 12.1 Å². The highest BCUT2D eigenvalue weighted by atomic mass is 35.5. The van der Waals surface area contributed by atoms with Crippen molar-refractivity contribution < 1.29 is 19.2 Å². The van der Waals surface area contributed by atoms with Gasteiger partial charge in [-0.25, -0.2) is 4.39 Å². The molecule has 1 rings (SSSR count). The van der Waals surface area contributed by atoms with Crippen LogP contribution in [-0.4, -0.2) is 30.1 Å². The Balaban J connectivity index is 3.29. The second kappa shape index (κ2) is 4.61. The minimum absolute atomic E-state index is 0.0105. The molecule has 0 spiro atoms. The molecule has 0 saturated heterocycles. The van der Waals surface area contributed by atoms with Crippen LogP contribution in [0, 0.1) is 5.82 Å². The Labute approximate surface area is 90.8 Å². The van der Waals surface area contributed by atoms with E-state index in [1.165, 1.54) is 7.05 Å². The normalized spacial score (nSPS) is 9.93. The molecule has 15 heavy (non-hydrogen) atoms. The minimum Gasteiger partial charge on any atom is -0.423 e. The van der Waals surface area contributed by atoms with Gasteiger partial charge >= 0.3 is 7.12 Å². The maximum absolute atomic E-state index is 13.1.